The summed E-state index contributed by atoms with van der Waals surface area (Å²) in [7, 11) is 0. The Hall–Kier alpha value is -0.380. The lowest BCUT2D eigenvalue weighted by Crippen LogP contribution is -2.68. The quantitative estimate of drug-likeness (QED) is 0.0297. The summed E-state index contributed by atoms with van der Waals surface area (Å²) in [5.74, 6) is -2.70. The van der Waals surface area contributed by atoms with Crippen LogP contribution in [0.3, 0.4) is 0 Å². The highest BCUT2D eigenvalue weighted by atomic mass is 32.2. The molecule has 0 aromatic heterocycles. The van der Waals surface area contributed by atoms with Crippen molar-refractivity contribution in [2.24, 2.45) is 5.92 Å². The molecule has 0 spiro atoms. The lowest BCUT2D eigenvalue weighted by Gasteiger charge is -2.51. The van der Waals surface area contributed by atoms with Crippen molar-refractivity contribution in [1.82, 2.24) is 0 Å². The van der Waals surface area contributed by atoms with Crippen LogP contribution in [0.4, 0.5) is 0 Å². The molecule has 30 fully saturated rings. The first-order chi connectivity index (χ1) is 55.0. The van der Waals surface area contributed by atoms with E-state index in [4.69, 9.17) is 71.1 Å². The molecule has 0 aromatic carbocycles. The minimum Gasteiger partial charge on any atom is -0.481 e. The van der Waals surface area contributed by atoms with Crippen LogP contribution in [-0.4, -0.2) is 435 Å². The van der Waals surface area contributed by atoms with Gasteiger partial charge in [0.15, 0.2) is 44.0 Å². The van der Waals surface area contributed by atoms with E-state index in [-0.39, 0.29) is 89.6 Å². The zero-order valence-electron chi connectivity index (χ0n) is 64.6. The minimum absolute atomic E-state index is 0.0114. The van der Waals surface area contributed by atoms with E-state index >= 15 is 0 Å². The molecule has 16 unspecified atom stereocenters. The van der Waals surface area contributed by atoms with E-state index < -0.39 is 263 Å². The van der Waals surface area contributed by atoms with E-state index in [2.05, 4.69) is 0 Å². The Morgan fingerprint density at radius 2 is 0.443 bits per heavy atom. The fourth-order valence-corrected chi connectivity index (χ4v) is 21.8. The molecule has 0 aromatic rings. The fourth-order valence-electron chi connectivity index (χ4n) is 15.0. The van der Waals surface area contributed by atoms with Gasteiger partial charge in [-0.3, -0.25) is 14.4 Å². The number of hydrogen-bond acceptors (Lipinski definition) is 41. The summed E-state index contributed by atoms with van der Waals surface area (Å²) in [6, 6.07) is 0. The number of aliphatic hydroxyl groups excluding tert-OH is 16. The molecule has 19 N–H and O–H groups in total. The zero-order valence-corrected chi connectivity index (χ0v) is 70.3. The summed E-state index contributed by atoms with van der Waals surface area (Å²) >= 11 is 8.57. The maximum Gasteiger partial charge on any atom is 0.304 e. The molecule has 37 nitrogen and oxygen atoms in total. The number of carbonyl (C=O) groups is 3. The third-order valence-electron chi connectivity index (χ3n) is 21.2. The first kappa shape index (κ1) is 98.4. The van der Waals surface area contributed by atoms with Gasteiger partial charge in [0, 0.05) is 63.4 Å². The van der Waals surface area contributed by atoms with E-state index in [1.807, 2.05) is 27.7 Å². The van der Waals surface area contributed by atoms with Gasteiger partial charge in [-0.1, -0.05) is 34.6 Å². The molecule has 30 saturated heterocycles. The van der Waals surface area contributed by atoms with Gasteiger partial charge in [-0.2, -0.15) is 82.3 Å². The number of ether oxygens (including phenoxy) is 15. The Morgan fingerprint density at radius 1 is 0.243 bits per heavy atom. The Bertz CT molecular complexity index is 2870. The molecular formula is C71H120O37S7. The Morgan fingerprint density at radius 3 is 0.687 bits per heavy atom. The van der Waals surface area contributed by atoms with Crippen LogP contribution in [0.2, 0.25) is 0 Å². The predicted molar refractivity (Wildman–Crippen MR) is 417 cm³/mol. The van der Waals surface area contributed by atoms with Crippen molar-refractivity contribution < 1.29 is 182 Å². The summed E-state index contributed by atoms with van der Waals surface area (Å²) in [6.07, 6.45) is -66.7. The van der Waals surface area contributed by atoms with Gasteiger partial charge in [-0.15, -0.1) is 0 Å². The average molecular weight is 1790 g/mol. The molecule has 16 bridgehead atoms. The molecule has 0 radical (unpaired) electrons. The topological polar surface area (TPSA) is 574 Å². The summed E-state index contributed by atoms with van der Waals surface area (Å²) in [5, 5.41) is 223. The van der Waals surface area contributed by atoms with Crippen molar-refractivity contribution in [2.45, 2.75) is 332 Å². The summed E-state index contributed by atoms with van der Waals surface area (Å²) < 4.78 is 96.0. The average Bonchev–Trinajstić information content (AvgIpc) is 0.772. The van der Waals surface area contributed by atoms with Gasteiger partial charge in [-0.25, -0.2) is 0 Å². The van der Waals surface area contributed by atoms with E-state index in [1.54, 1.807) is 6.92 Å². The van der Waals surface area contributed by atoms with Crippen molar-refractivity contribution in [3.8, 4) is 0 Å². The number of aliphatic carboxylic acids is 3. The van der Waals surface area contributed by atoms with Crippen molar-refractivity contribution >= 4 is 100 Å². The Kier molecular flexibility index (Phi) is 40.9. The van der Waals surface area contributed by atoms with Crippen LogP contribution in [0.15, 0.2) is 0 Å². The summed E-state index contributed by atoms with van der Waals surface area (Å²) in [5.41, 5.74) is 0. The van der Waals surface area contributed by atoms with Crippen molar-refractivity contribution in [1.29, 1.82) is 0 Å². The van der Waals surface area contributed by atoms with Gasteiger partial charge in [0.2, 0.25) is 0 Å². The fraction of sp³-hybridized carbons (Fsp3) is 0.958. The van der Waals surface area contributed by atoms with Gasteiger partial charge < -0.3 is 168 Å². The van der Waals surface area contributed by atoms with E-state index in [0.29, 0.717) is 48.7 Å². The molecular weight excluding hydrogens is 1670 g/mol. The van der Waals surface area contributed by atoms with Crippen molar-refractivity contribution in [3.05, 3.63) is 0 Å². The molecule has 30 aliphatic rings. The molecule has 0 saturated carbocycles. The lowest BCUT2D eigenvalue weighted by atomic mass is 9.81. The second kappa shape index (κ2) is 47.8. The van der Waals surface area contributed by atoms with E-state index in [0.717, 1.165) is 35.3 Å². The Balaban J connectivity index is 1.07. The third-order valence-corrected chi connectivity index (χ3v) is 29.4. The number of thioether (sulfide) groups is 7. The molecule has 30 rings (SSSR count). The van der Waals surface area contributed by atoms with Crippen LogP contribution < -0.4 is 0 Å². The normalized spacial score (nSPS) is 45.1. The van der Waals surface area contributed by atoms with Crippen molar-refractivity contribution in [3.63, 3.8) is 0 Å². The summed E-state index contributed by atoms with van der Waals surface area (Å²) in [6.45, 7) is 9.29. The van der Waals surface area contributed by atoms with Crippen LogP contribution in [0.25, 0.3) is 0 Å². The minimum atomic E-state index is -2.15. The summed E-state index contributed by atoms with van der Waals surface area (Å²) in [4.78, 5) is 35.2. The highest BCUT2D eigenvalue weighted by molar-refractivity contribution is 8.00. The van der Waals surface area contributed by atoms with Crippen molar-refractivity contribution in [2.75, 3.05) is 80.5 Å². The molecule has 40 atom stereocenters. The van der Waals surface area contributed by atoms with Crippen LogP contribution in [0, 0.1) is 5.92 Å². The molecule has 0 amide bonds. The van der Waals surface area contributed by atoms with E-state index in [1.165, 1.54) is 47.0 Å². The second-order valence-electron chi connectivity index (χ2n) is 29.8. The standard InChI is InChI=1S/C71H120O37S7/c1-6-14-109-22-32-29-21-31-43(79)44(80)59(33(94-31)23-113-18-11-39(72)73)103-66-52(88)45(81)58(30(10-5)95-66)102-67-53(89)46(82)63(37(100-67)27-114-19-12-40(74)75)108-71-57(93)50(86)64(38(101-71)28-115-20-13-41(76)77)107-70-56(92)49(85)62(36(99-70)26-112-17-9-4)106-69-55(91)48(84)61(35(98-69)25-111-16-8-3)105-68-54(90)47(83)60(34(97-68)24-110-15-7-2)104-65(96-32)51(87)42(29)78/h29-38,42-71,78-93H,6-28H2,1-5H3,(H,72,73)(H,74,75)(H,76,77)/t29-,30?,31+,32?,33?,34?,35?,36?,37?,38?,42+,43?,44-,45-,46-,47-,48-,49-,50-,51?,52?,53?,54?,55?,56?,57?,58-,59-,60-,61-,62-,63-,64-,65+,66+,67+,68-,69-,70-,71-/m1/s1. The van der Waals surface area contributed by atoms with Crippen LogP contribution in [0.5, 0.6) is 0 Å². The zero-order chi connectivity index (χ0) is 83.6. The molecule has 30 aliphatic heterocycles. The molecule has 44 heteroatoms. The van der Waals surface area contributed by atoms with Gasteiger partial charge in [-0.05, 0) is 61.5 Å². The number of rotatable bonds is 32. The maximum atomic E-state index is 12.4. The number of carboxylic acids is 3. The van der Waals surface area contributed by atoms with Gasteiger partial charge in [0.25, 0.3) is 0 Å². The number of hydrogen-bond donors (Lipinski definition) is 19. The van der Waals surface area contributed by atoms with Crippen LogP contribution in [0.1, 0.15) is 92.4 Å². The first-order valence-electron chi connectivity index (χ1n) is 39.4. The first-order valence-corrected chi connectivity index (χ1v) is 47.5. The highest BCUT2D eigenvalue weighted by Crippen LogP contribution is 2.44. The van der Waals surface area contributed by atoms with Gasteiger partial charge >= 0.3 is 17.9 Å². The smallest absolute Gasteiger partial charge is 0.304 e. The van der Waals surface area contributed by atoms with E-state index in [9.17, 15) is 111 Å². The number of aliphatic hydroxyl groups is 16. The monoisotopic (exact) mass is 1790 g/mol. The SMILES string of the molecule is CCCSCC1O[C@H]2O[C@@H]3C(CSCCC)O[C@H](O[C@@H]4C(CSCCC)O[C@H](O[C@@H]5C(CSCCC)O[C@H](O[C@@H]6C(CSCCC(=O)O)O[C@H](O[C@@H]7C(CSCCC(=O)O)O[C@@H](O[C@@H]8C(CC)O[C@@H](O[C@@H]9C(CSCCC(=O)O)O[C@@H](C[C@H]1[C@H](O)C2O)C(O)[C@H]9O)C(O)[C@H]8O)C(O)[C@H]7O)C(O)[C@H]6O)C(O)[C@H]5O)C(O)[C@H]4O)C(O)[C@H]3O. The second-order valence-corrected chi connectivity index (χ2v) is 37.9. The van der Waals surface area contributed by atoms with Gasteiger partial charge in [0.1, 0.15) is 134 Å². The van der Waals surface area contributed by atoms with Gasteiger partial charge in [0.05, 0.1) is 80.3 Å². The molecule has 668 valence electrons. The molecule has 115 heavy (non-hydrogen) atoms. The molecule has 30 heterocycles. The largest absolute Gasteiger partial charge is 0.481 e. The third kappa shape index (κ3) is 25.7. The van der Waals surface area contributed by atoms with Crippen LogP contribution in [-0.2, 0) is 85.4 Å². The maximum absolute atomic E-state index is 12.4. The predicted octanol–water partition coefficient (Wildman–Crippen LogP) is -3.07. The van der Waals surface area contributed by atoms with Crippen LogP contribution >= 0.6 is 82.3 Å². The number of carboxylic acid groups (broad SMARTS) is 3. The molecule has 0 aliphatic carbocycles. The lowest BCUT2D eigenvalue weighted by molar-refractivity contribution is -0.392. The Labute approximate surface area is 696 Å². The highest BCUT2D eigenvalue weighted by Gasteiger charge is 2.60.